The van der Waals surface area contributed by atoms with Crippen molar-refractivity contribution >= 4 is 11.3 Å². The zero-order valence-electron chi connectivity index (χ0n) is 6.74. The third-order valence-electron chi connectivity index (χ3n) is 1.66. The second kappa shape index (κ2) is 3.07. The molecule has 1 aromatic heterocycles. The molecular formula is C10H8NS. The summed E-state index contributed by atoms with van der Waals surface area (Å²) in [7, 11) is 0. The fourth-order valence-electron chi connectivity index (χ4n) is 1.10. The molecule has 0 bridgehead atoms. The minimum absolute atomic E-state index is 1.17. The SMILES string of the molecule is Cc1[c]ccc(-c2cncs2)c1. The second-order valence-corrected chi connectivity index (χ2v) is 3.51. The van der Waals surface area contributed by atoms with Gasteiger partial charge in [0.25, 0.3) is 0 Å². The largest absolute Gasteiger partial charge is 0.252 e. The van der Waals surface area contributed by atoms with Crippen LogP contribution in [0.5, 0.6) is 0 Å². The van der Waals surface area contributed by atoms with E-state index in [1.54, 1.807) is 11.3 Å². The Morgan fingerprint density at radius 2 is 2.42 bits per heavy atom. The Labute approximate surface area is 75.7 Å². The molecule has 12 heavy (non-hydrogen) atoms. The second-order valence-electron chi connectivity index (χ2n) is 2.63. The average molecular weight is 174 g/mol. The first-order valence-corrected chi connectivity index (χ1v) is 4.61. The fourth-order valence-corrected chi connectivity index (χ4v) is 1.72. The Balaban J connectivity index is 2.48. The maximum absolute atomic E-state index is 4.04. The summed E-state index contributed by atoms with van der Waals surface area (Å²) in [6.07, 6.45) is 1.89. The van der Waals surface area contributed by atoms with E-state index in [0.29, 0.717) is 0 Å². The maximum Gasteiger partial charge on any atom is 0.0797 e. The first kappa shape index (κ1) is 7.50. The zero-order chi connectivity index (χ0) is 8.39. The first-order valence-electron chi connectivity index (χ1n) is 3.73. The van der Waals surface area contributed by atoms with Gasteiger partial charge in [0.1, 0.15) is 0 Å². The molecule has 59 valence electrons. The number of rotatable bonds is 1. The minimum Gasteiger partial charge on any atom is -0.252 e. The number of hydrogen-bond donors (Lipinski definition) is 0. The lowest BCUT2D eigenvalue weighted by Gasteiger charge is -1.96. The van der Waals surface area contributed by atoms with Gasteiger partial charge in [-0.2, -0.15) is 0 Å². The smallest absolute Gasteiger partial charge is 0.0797 e. The van der Waals surface area contributed by atoms with Gasteiger partial charge in [-0.15, -0.1) is 11.3 Å². The van der Waals surface area contributed by atoms with Gasteiger partial charge >= 0.3 is 0 Å². The van der Waals surface area contributed by atoms with Crippen LogP contribution in [-0.4, -0.2) is 4.98 Å². The van der Waals surface area contributed by atoms with Gasteiger partial charge in [-0.05, 0) is 30.2 Å². The van der Waals surface area contributed by atoms with Crippen LogP contribution in [0.3, 0.4) is 0 Å². The highest BCUT2D eigenvalue weighted by atomic mass is 32.1. The van der Waals surface area contributed by atoms with Crippen molar-refractivity contribution in [2.45, 2.75) is 6.92 Å². The van der Waals surface area contributed by atoms with E-state index in [4.69, 9.17) is 0 Å². The van der Waals surface area contributed by atoms with Gasteiger partial charge in [0.05, 0.1) is 10.4 Å². The van der Waals surface area contributed by atoms with Crippen LogP contribution in [0.4, 0.5) is 0 Å². The lowest BCUT2D eigenvalue weighted by atomic mass is 10.1. The molecule has 2 aromatic rings. The Morgan fingerprint density at radius 3 is 3.08 bits per heavy atom. The van der Waals surface area contributed by atoms with Gasteiger partial charge in [-0.25, -0.2) is 0 Å². The third-order valence-corrected chi connectivity index (χ3v) is 2.48. The highest BCUT2D eigenvalue weighted by Gasteiger charge is 1.97. The highest BCUT2D eigenvalue weighted by Crippen LogP contribution is 2.23. The van der Waals surface area contributed by atoms with Gasteiger partial charge in [0, 0.05) is 6.20 Å². The molecule has 0 unspecified atom stereocenters. The number of aryl methyl sites for hydroxylation is 1. The van der Waals surface area contributed by atoms with E-state index in [2.05, 4.69) is 23.2 Å². The standard InChI is InChI=1S/C10H8NS/c1-8-3-2-4-9(5-8)10-6-11-7-12-10/h2,4-7H,1H3. The summed E-state index contributed by atoms with van der Waals surface area (Å²) >= 11 is 1.66. The summed E-state index contributed by atoms with van der Waals surface area (Å²) in [5.41, 5.74) is 4.25. The zero-order valence-corrected chi connectivity index (χ0v) is 7.56. The van der Waals surface area contributed by atoms with Gasteiger partial charge in [-0.1, -0.05) is 12.1 Å². The fraction of sp³-hybridized carbons (Fsp3) is 0.100. The Hall–Kier alpha value is -1.15. The van der Waals surface area contributed by atoms with Crippen molar-refractivity contribution in [1.29, 1.82) is 0 Å². The molecule has 0 saturated heterocycles. The van der Waals surface area contributed by atoms with Crippen LogP contribution in [-0.2, 0) is 0 Å². The Kier molecular flexibility index (Phi) is 1.92. The van der Waals surface area contributed by atoms with Gasteiger partial charge in [0.2, 0.25) is 0 Å². The predicted octanol–water partition coefficient (Wildman–Crippen LogP) is 2.92. The molecule has 0 atom stereocenters. The van der Waals surface area contributed by atoms with E-state index in [1.165, 1.54) is 16.0 Å². The summed E-state index contributed by atoms with van der Waals surface area (Å²) in [6.45, 7) is 2.05. The van der Waals surface area contributed by atoms with E-state index in [-0.39, 0.29) is 0 Å². The van der Waals surface area contributed by atoms with Crippen LogP contribution in [0.25, 0.3) is 10.4 Å². The molecule has 1 nitrogen and oxygen atoms in total. The van der Waals surface area contributed by atoms with E-state index < -0.39 is 0 Å². The van der Waals surface area contributed by atoms with E-state index in [1.807, 2.05) is 24.7 Å². The van der Waals surface area contributed by atoms with Crippen LogP contribution >= 0.6 is 11.3 Å². The summed E-state index contributed by atoms with van der Waals surface area (Å²) in [4.78, 5) is 5.25. The average Bonchev–Trinajstić information content (AvgIpc) is 2.56. The van der Waals surface area contributed by atoms with E-state index in [0.717, 1.165) is 0 Å². The van der Waals surface area contributed by atoms with Gasteiger partial charge in [0.15, 0.2) is 0 Å². The van der Waals surface area contributed by atoms with Crippen molar-refractivity contribution in [3.63, 3.8) is 0 Å². The molecule has 0 saturated carbocycles. The normalized spacial score (nSPS) is 10.1. The molecule has 1 radical (unpaired) electrons. The molecule has 1 aromatic carbocycles. The van der Waals surface area contributed by atoms with Crippen molar-refractivity contribution in [3.8, 4) is 10.4 Å². The van der Waals surface area contributed by atoms with Gasteiger partial charge in [-0.3, -0.25) is 4.98 Å². The van der Waals surface area contributed by atoms with E-state index >= 15 is 0 Å². The minimum atomic E-state index is 1.17. The maximum atomic E-state index is 4.04. The van der Waals surface area contributed by atoms with Crippen LogP contribution in [0, 0.1) is 13.0 Å². The molecular weight excluding hydrogens is 166 g/mol. The number of hydrogen-bond acceptors (Lipinski definition) is 2. The molecule has 0 aliphatic carbocycles. The van der Waals surface area contributed by atoms with Crippen LogP contribution in [0.15, 0.2) is 29.9 Å². The monoisotopic (exact) mass is 174 g/mol. The van der Waals surface area contributed by atoms with Crippen molar-refractivity contribution in [2.75, 3.05) is 0 Å². The Bertz CT molecular complexity index is 365. The quantitative estimate of drug-likeness (QED) is 0.647. The van der Waals surface area contributed by atoms with Crippen molar-refractivity contribution < 1.29 is 0 Å². The molecule has 2 rings (SSSR count). The molecule has 1 heterocycles. The molecule has 0 amide bonds. The van der Waals surface area contributed by atoms with Crippen LogP contribution in [0.2, 0.25) is 0 Å². The number of aromatic nitrogens is 1. The van der Waals surface area contributed by atoms with Crippen LogP contribution < -0.4 is 0 Å². The summed E-state index contributed by atoms with van der Waals surface area (Å²) in [6, 6.07) is 9.24. The molecule has 2 heteroatoms. The lowest BCUT2D eigenvalue weighted by Crippen LogP contribution is -1.74. The number of benzene rings is 1. The Morgan fingerprint density at radius 1 is 1.50 bits per heavy atom. The molecule has 0 aliphatic rings. The molecule has 0 fully saturated rings. The highest BCUT2D eigenvalue weighted by molar-refractivity contribution is 7.13. The molecule has 0 N–H and O–H groups in total. The number of nitrogens with zero attached hydrogens (tertiary/aromatic N) is 1. The lowest BCUT2D eigenvalue weighted by molar-refractivity contribution is 1.41. The van der Waals surface area contributed by atoms with E-state index in [9.17, 15) is 0 Å². The van der Waals surface area contributed by atoms with Gasteiger partial charge < -0.3 is 0 Å². The predicted molar refractivity (Wildman–Crippen MR) is 51.1 cm³/mol. The first-order chi connectivity index (χ1) is 5.86. The molecule has 0 aliphatic heterocycles. The van der Waals surface area contributed by atoms with Crippen molar-refractivity contribution in [3.05, 3.63) is 41.5 Å². The van der Waals surface area contributed by atoms with Crippen LogP contribution in [0.1, 0.15) is 5.56 Å². The summed E-state index contributed by atoms with van der Waals surface area (Å²) in [5.74, 6) is 0. The summed E-state index contributed by atoms with van der Waals surface area (Å²) < 4.78 is 0. The molecule has 0 spiro atoms. The van der Waals surface area contributed by atoms with Crippen molar-refractivity contribution in [1.82, 2.24) is 4.98 Å². The van der Waals surface area contributed by atoms with Crippen molar-refractivity contribution in [2.24, 2.45) is 0 Å². The third kappa shape index (κ3) is 1.38. The summed E-state index contributed by atoms with van der Waals surface area (Å²) in [5, 5.41) is 0. The number of thiazole rings is 1. The topological polar surface area (TPSA) is 12.9 Å².